The fourth-order valence-electron chi connectivity index (χ4n) is 4.06. The number of aryl methyl sites for hydroxylation is 2. The van der Waals surface area contributed by atoms with Gasteiger partial charge in [0.05, 0.1) is 12.0 Å². The minimum Gasteiger partial charge on any atom is -0.486 e. The second kappa shape index (κ2) is 6.81. The monoisotopic (exact) mass is 343 g/mol. The van der Waals surface area contributed by atoms with Crippen LogP contribution in [0, 0.1) is 19.8 Å². The van der Waals surface area contributed by atoms with Crippen LogP contribution in [0.3, 0.4) is 0 Å². The molecule has 1 amide bonds. The van der Waals surface area contributed by atoms with Crippen molar-refractivity contribution < 1.29 is 14.3 Å². The zero-order valence-corrected chi connectivity index (χ0v) is 15.9. The van der Waals surface area contributed by atoms with Gasteiger partial charge in [-0.3, -0.25) is 9.59 Å². The molecule has 0 aliphatic carbocycles. The second-order valence-electron chi connectivity index (χ2n) is 7.66. The molecule has 0 radical (unpaired) electrons. The fourth-order valence-corrected chi connectivity index (χ4v) is 4.06. The molecule has 25 heavy (non-hydrogen) atoms. The molecular formula is C21H29NO3. The van der Waals surface area contributed by atoms with Gasteiger partial charge in [-0.05, 0) is 49.9 Å². The van der Waals surface area contributed by atoms with Gasteiger partial charge in [0.2, 0.25) is 5.91 Å². The summed E-state index contributed by atoms with van der Waals surface area (Å²) in [5, 5.41) is 0. The number of likely N-dealkylation sites (tertiary alicyclic amines) is 1. The average molecular weight is 343 g/mol. The van der Waals surface area contributed by atoms with Crippen LogP contribution in [0.1, 0.15) is 67.4 Å². The van der Waals surface area contributed by atoms with Crippen LogP contribution in [0.5, 0.6) is 5.75 Å². The Bertz CT molecular complexity index is 683. The van der Waals surface area contributed by atoms with Crippen molar-refractivity contribution >= 4 is 11.7 Å². The summed E-state index contributed by atoms with van der Waals surface area (Å²) in [6.07, 6.45) is 3.67. The number of fused-ring (bicyclic) bond motifs is 1. The summed E-state index contributed by atoms with van der Waals surface area (Å²) in [6, 6.07) is 3.94. The van der Waals surface area contributed by atoms with Crippen molar-refractivity contribution in [2.75, 3.05) is 13.1 Å². The Morgan fingerprint density at radius 3 is 2.36 bits per heavy atom. The zero-order valence-electron chi connectivity index (χ0n) is 15.9. The Morgan fingerprint density at radius 1 is 1.16 bits per heavy atom. The highest BCUT2D eigenvalue weighted by molar-refractivity contribution is 6.00. The van der Waals surface area contributed by atoms with E-state index >= 15 is 0 Å². The lowest BCUT2D eigenvalue weighted by Gasteiger charge is -2.44. The molecule has 0 unspecified atom stereocenters. The molecule has 2 aliphatic rings. The molecule has 136 valence electrons. The number of piperidine rings is 1. The molecule has 2 heterocycles. The van der Waals surface area contributed by atoms with Gasteiger partial charge in [0, 0.05) is 31.8 Å². The van der Waals surface area contributed by atoms with Crippen LogP contribution in [-0.2, 0) is 4.79 Å². The van der Waals surface area contributed by atoms with E-state index in [1.807, 2.05) is 30.9 Å². The summed E-state index contributed by atoms with van der Waals surface area (Å²) < 4.78 is 6.35. The van der Waals surface area contributed by atoms with E-state index in [-0.39, 0.29) is 17.6 Å². The minimum atomic E-state index is -0.434. The zero-order chi connectivity index (χ0) is 18.2. The molecule has 0 aromatic heterocycles. The molecule has 0 atom stereocenters. The van der Waals surface area contributed by atoms with Crippen molar-refractivity contribution in [1.82, 2.24) is 4.90 Å². The van der Waals surface area contributed by atoms with E-state index in [1.165, 1.54) is 0 Å². The van der Waals surface area contributed by atoms with Crippen LogP contribution in [0.15, 0.2) is 12.1 Å². The maximum atomic E-state index is 12.7. The molecule has 1 fully saturated rings. The van der Waals surface area contributed by atoms with Gasteiger partial charge in [-0.15, -0.1) is 0 Å². The summed E-state index contributed by atoms with van der Waals surface area (Å²) in [5.41, 5.74) is 2.54. The Labute approximate surface area is 150 Å². The van der Waals surface area contributed by atoms with E-state index in [9.17, 15) is 9.59 Å². The fraction of sp³-hybridized carbons (Fsp3) is 0.619. The first-order valence-corrected chi connectivity index (χ1v) is 9.51. The molecule has 4 heteroatoms. The number of hydrogen-bond acceptors (Lipinski definition) is 3. The van der Waals surface area contributed by atoms with Crippen LogP contribution in [-0.4, -0.2) is 35.3 Å². The third-order valence-electron chi connectivity index (χ3n) is 6.03. The first-order valence-electron chi connectivity index (χ1n) is 9.51. The van der Waals surface area contributed by atoms with Gasteiger partial charge in [0.1, 0.15) is 11.4 Å². The molecule has 0 N–H and O–H groups in total. The average Bonchev–Trinajstić information content (AvgIpc) is 2.58. The summed E-state index contributed by atoms with van der Waals surface area (Å²) >= 11 is 0. The third-order valence-corrected chi connectivity index (χ3v) is 6.03. The highest BCUT2D eigenvalue weighted by Gasteiger charge is 2.44. The molecule has 1 aromatic rings. The van der Waals surface area contributed by atoms with Crippen LogP contribution in [0.2, 0.25) is 0 Å². The molecule has 0 saturated carbocycles. The van der Waals surface area contributed by atoms with Crippen LogP contribution in [0.25, 0.3) is 0 Å². The maximum absolute atomic E-state index is 12.7. The van der Waals surface area contributed by atoms with Gasteiger partial charge in [-0.25, -0.2) is 0 Å². The molecule has 2 aliphatic heterocycles. The highest BCUT2D eigenvalue weighted by atomic mass is 16.5. The summed E-state index contributed by atoms with van der Waals surface area (Å²) in [6.45, 7) is 9.58. The normalized spacial score (nSPS) is 19.1. The van der Waals surface area contributed by atoms with Gasteiger partial charge >= 0.3 is 0 Å². The first-order chi connectivity index (χ1) is 11.9. The van der Waals surface area contributed by atoms with Crippen molar-refractivity contribution in [2.24, 2.45) is 5.92 Å². The number of ether oxygens (including phenoxy) is 1. The van der Waals surface area contributed by atoms with E-state index in [4.69, 9.17) is 4.74 Å². The van der Waals surface area contributed by atoms with E-state index in [0.717, 1.165) is 42.6 Å². The summed E-state index contributed by atoms with van der Waals surface area (Å²) in [4.78, 5) is 27.2. The van der Waals surface area contributed by atoms with Gasteiger partial charge < -0.3 is 9.64 Å². The smallest absolute Gasteiger partial charge is 0.225 e. The Balaban J connectivity index is 1.74. The number of carbonyl (C=O) groups is 2. The molecule has 0 bridgehead atoms. The maximum Gasteiger partial charge on any atom is 0.225 e. The van der Waals surface area contributed by atoms with Crippen LogP contribution < -0.4 is 4.74 Å². The third kappa shape index (κ3) is 3.31. The van der Waals surface area contributed by atoms with Crippen molar-refractivity contribution in [2.45, 2.75) is 65.4 Å². The van der Waals surface area contributed by atoms with Crippen molar-refractivity contribution in [1.29, 1.82) is 0 Å². The van der Waals surface area contributed by atoms with E-state index in [1.54, 1.807) is 0 Å². The number of hydrogen-bond donors (Lipinski definition) is 0. The predicted octanol–water partition coefficient (Wildman–Crippen LogP) is 4.07. The number of rotatable bonds is 3. The lowest BCUT2D eigenvalue weighted by atomic mass is 9.81. The van der Waals surface area contributed by atoms with E-state index in [0.29, 0.717) is 25.1 Å². The molecular weight excluding hydrogens is 314 g/mol. The Kier molecular flexibility index (Phi) is 4.90. The van der Waals surface area contributed by atoms with Crippen molar-refractivity contribution in [3.8, 4) is 5.75 Å². The van der Waals surface area contributed by atoms with E-state index < -0.39 is 5.60 Å². The highest BCUT2D eigenvalue weighted by Crippen LogP contribution is 2.40. The molecule has 1 aromatic carbocycles. The molecule has 1 spiro atoms. The van der Waals surface area contributed by atoms with Crippen molar-refractivity contribution in [3.05, 3.63) is 28.8 Å². The minimum absolute atomic E-state index is 0.120. The first kappa shape index (κ1) is 18.0. The van der Waals surface area contributed by atoms with E-state index in [2.05, 4.69) is 13.8 Å². The quantitative estimate of drug-likeness (QED) is 0.831. The lowest BCUT2D eigenvalue weighted by molar-refractivity contribution is -0.139. The van der Waals surface area contributed by atoms with Crippen LogP contribution >= 0.6 is 0 Å². The number of nitrogens with zero attached hydrogens (tertiary/aromatic N) is 1. The number of amides is 1. The lowest BCUT2D eigenvalue weighted by Crippen LogP contribution is -2.53. The number of benzene rings is 1. The Morgan fingerprint density at radius 2 is 1.76 bits per heavy atom. The van der Waals surface area contributed by atoms with Gasteiger partial charge in [0.25, 0.3) is 0 Å². The molecule has 1 saturated heterocycles. The SMILES string of the molecule is CCC(CC)C(=O)N1CCC2(CC1)CC(=O)c1cc(C)c(C)cc1O2. The summed E-state index contributed by atoms with van der Waals surface area (Å²) in [5.74, 6) is 1.27. The molecule has 4 nitrogen and oxygen atoms in total. The number of ketones is 1. The van der Waals surface area contributed by atoms with Crippen molar-refractivity contribution in [3.63, 3.8) is 0 Å². The Hall–Kier alpha value is -1.84. The van der Waals surface area contributed by atoms with Gasteiger partial charge in [-0.1, -0.05) is 13.8 Å². The topological polar surface area (TPSA) is 46.6 Å². The van der Waals surface area contributed by atoms with Gasteiger partial charge in [-0.2, -0.15) is 0 Å². The van der Waals surface area contributed by atoms with Crippen LogP contribution in [0.4, 0.5) is 0 Å². The summed E-state index contributed by atoms with van der Waals surface area (Å²) in [7, 11) is 0. The largest absolute Gasteiger partial charge is 0.486 e. The number of carbonyl (C=O) groups excluding carboxylic acids is 2. The predicted molar refractivity (Wildman–Crippen MR) is 98.1 cm³/mol. The van der Waals surface area contributed by atoms with Gasteiger partial charge in [0.15, 0.2) is 5.78 Å². The number of Topliss-reactive ketones (excluding diaryl/α,β-unsaturated/α-hetero) is 1. The standard InChI is InChI=1S/C21H29NO3/c1-5-16(6-2)20(24)22-9-7-21(8-10-22)13-18(23)17-11-14(3)15(4)12-19(17)25-21/h11-12,16H,5-10,13H2,1-4H3. The molecule has 3 rings (SSSR count). The second-order valence-corrected chi connectivity index (χ2v) is 7.66.